The third-order valence-corrected chi connectivity index (χ3v) is 7.49. The molecule has 1 amide bonds. The lowest BCUT2D eigenvalue weighted by Gasteiger charge is -2.28. The number of anilines is 1. The van der Waals surface area contributed by atoms with Crippen LogP contribution in [0, 0.1) is 18.3 Å². The second kappa shape index (κ2) is 8.12. The van der Waals surface area contributed by atoms with E-state index in [-0.39, 0.29) is 17.5 Å². The SMILES string of the molecule is Cc1c(-c2ccc(N)c(C#N)c2)ccc2c3oc(C4CCN(C(=O)O)CC4)nc3c(=O)n(C3CC3)c12. The normalized spacial score (nSPS) is 16.5. The number of likely N-dealkylation sites (tertiary alicyclic amines) is 1. The average Bonchev–Trinajstić information content (AvgIpc) is 3.61. The van der Waals surface area contributed by atoms with Crippen LogP contribution in [-0.2, 0) is 0 Å². The molecule has 2 fully saturated rings. The summed E-state index contributed by atoms with van der Waals surface area (Å²) >= 11 is 0. The zero-order valence-corrected chi connectivity index (χ0v) is 19.8. The first-order valence-electron chi connectivity index (χ1n) is 12.1. The Hall–Kier alpha value is -4.32. The summed E-state index contributed by atoms with van der Waals surface area (Å²) in [5, 5.41) is 19.5. The molecule has 1 aliphatic carbocycles. The average molecular weight is 484 g/mol. The van der Waals surface area contributed by atoms with E-state index in [1.165, 1.54) is 4.90 Å². The van der Waals surface area contributed by atoms with Gasteiger partial charge in [0.25, 0.3) is 5.56 Å². The first kappa shape index (κ1) is 22.2. The van der Waals surface area contributed by atoms with Gasteiger partial charge in [0.2, 0.25) is 0 Å². The summed E-state index contributed by atoms with van der Waals surface area (Å²) in [6, 6.07) is 11.6. The predicted molar refractivity (Wildman–Crippen MR) is 135 cm³/mol. The molecule has 2 aromatic carbocycles. The number of nitrogens with zero attached hydrogens (tertiary/aromatic N) is 4. The van der Waals surface area contributed by atoms with E-state index in [1.807, 2.05) is 29.7 Å². The van der Waals surface area contributed by atoms with Crippen molar-refractivity contribution in [1.82, 2.24) is 14.5 Å². The van der Waals surface area contributed by atoms with Gasteiger partial charge < -0.3 is 24.7 Å². The standard InChI is InChI=1S/C27H25N5O4/c1-14-19(16-2-7-21(29)17(12-16)13-28)5-6-20-23(14)32(18-3-4-18)26(33)22-24(20)36-25(30-22)15-8-10-31(11-9-15)27(34)35/h2,5-7,12,15,18H,3-4,8-11,29H2,1H3,(H,34,35). The van der Waals surface area contributed by atoms with Crippen LogP contribution in [0.3, 0.4) is 0 Å². The monoisotopic (exact) mass is 483 g/mol. The van der Waals surface area contributed by atoms with E-state index in [0.717, 1.165) is 40.4 Å². The van der Waals surface area contributed by atoms with Crippen molar-refractivity contribution in [2.24, 2.45) is 0 Å². The fourth-order valence-electron chi connectivity index (χ4n) is 5.38. The van der Waals surface area contributed by atoms with Crippen LogP contribution < -0.4 is 11.3 Å². The second-order valence-corrected chi connectivity index (χ2v) is 9.73. The van der Waals surface area contributed by atoms with Gasteiger partial charge in [-0.1, -0.05) is 12.1 Å². The molecule has 0 unspecified atom stereocenters. The molecule has 1 saturated carbocycles. The number of hydrogen-bond donors (Lipinski definition) is 2. The number of nitriles is 1. The highest BCUT2D eigenvalue weighted by Crippen LogP contribution is 2.41. The lowest BCUT2D eigenvalue weighted by atomic mass is 9.95. The van der Waals surface area contributed by atoms with Crippen molar-refractivity contribution < 1.29 is 14.3 Å². The molecule has 0 atom stereocenters. The topological polar surface area (TPSA) is 138 Å². The van der Waals surface area contributed by atoms with Gasteiger partial charge in [-0.3, -0.25) is 4.79 Å². The van der Waals surface area contributed by atoms with Crippen molar-refractivity contribution in [3.63, 3.8) is 0 Å². The third-order valence-electron chi connectivity index (χ3n) is 7.49. The van der Waals surface area contributed by atoms with E-state index in [2.05, 4.69) is 11.1 Å². The van der Waals surface area contributed by atoms with Crippen molar-refractivity contribution in [3.8, 4) is 17.2 Å². The van der Waals surface area contributed by atoms with Gasteiger partial charge in [0, 0.05) is 36.1 Å². The van der Waals surface area contributed by atoms with E-state index < -0.39 is 6.09 Å². The first-order valence-corrected chi connectivity index (χ1v) is 12.1. The molecule has 182 valence electrons. The van der Waals surface area contributed by atoms with Crippen LogP contribution >= 0.6 is 0 Å². The summed E-state index contributed by atoms with van der Waals surface area (Å²) in [5.74, 6) is 0.470. The maximum absolute atomic E-state index is 13.7. The number of nitrogen functional groups attached to an aromatic ring is 1. The quantitative estimate of drug-likeness (QED) is 0.400. The summed E-state index contributed by atoms with van der Waals surface area (Å²) in [6.07, 6.45) is 2.16. The molecule has 0 bridgehead atoms. The highest BCUT2D eigenvalue weighted by atomic mass is 16.4. The highest BCUT2D eigenvalue weighted by molar-refractivity contribution is 6.04. The number of piperidine rings is 1. The molecule has 9 nitrogen and oxygen atoms in total. The van der Waals surface area contributed by atoms with E-state index in [4.69, 9.17) is 10.2 Å². The summed E-state index contributed by atoms with van der Waals surface area (Å²) in [5.41, 5.74) is 11.0. The fourth-order valence-corrected chi connectivity index (χ4v) is 5.38. The largest absolute Gasteiger partial charge is 0.465 e. The molecule has 1 aliphatic heterocycles. The summed E-state index contributed by atoms with van der Waals surface area (Å²) in [6.45, 7) is 2.82. The van der Waals surface area contributed by atoms with Gasteiger partial charge in [-0.25, -0.2) is 9.78 Å². The van der Waals surface area contributed by atoms with E-state index >= 15 is 0 Å². The van der Waals surface area contributed by atoms with Crippen LogP contribution in [0.1, 0.15) is 54.7 Å². The molecular weight excluding hydrogens is 458 g/mol. The highest BCUT2D eigenvalue weighted by Gasteiger charge is 2.32. The Morgan fingerprint density at radius 3 is 2.61 bits per heavy atom. The van der Waals surface area contributed by atoms with Crippen molar-refractivity contribution in [2.75, 3.05) is 18.8 Å². The number of carbonyl (C=O) groups is 1. The molecule has 0 radical (unpaired) electrons. The first-order chi connectivity index (χ1) is 17.4. The minimum Gasteiger partial charge on any atom is -0.465 e. The summed E-state index contributed by atoms with van der Waals surface area (Å²) in [4.78, 5) is 31.0. The molecular formula is C27H25N5O4. The summed E-state index contributed by atoms with van der Waals surface area (Å²) < 4.78 is 8.11. The molecule has 3 heterocycles. The van der Waals surface area contributed by atoms with Crippen LogP contribution in [0.2, 0.25) is 0 Å². The van der Waals surface area contributed by atoms with E-state index in [1.54, 1.807) is 12.1 Å². The minimum absolute atomic E-state index is 0.0311. The van der Waals surface area contributed by atoms with Gasteiger partial charge in [0.1, 0.15) is 6.07 Å². The van der Waals surface area contributed by atoms with Crippen LogP contribution in [0.25, 0.3) is 33.1 Å². The lowest BCUT2D eigenvalue weighted by Crippen LogP contribution is -2.36. The molecule has 3 N–H and O–H groups in total. The zero-order chi connectivity index (χ0) is 25.1. The number of oxazole rings is 1. The molecule has 6 rings (SSSR count). The minimum atomic E-state index is -0.918. The van der Waals surface area contributed by atoms with Crippen molar-refractivity contribution >= 4 is 33.8 Å². The van der Waals surface area contributed by atoms with Crippen molar-refractivity contribution in [1.29, 1.82) is 5.26 Å². The molecule has 2 aromatic heterocycles. The number of aryl methyl sites for hydroxylation is 1. The number of aromatic nitrogens is 2. The van der Waals surface area contributed by atoms with Crippen LogP contribution in [0.5, 0.6) is 0 Å². The van der Waals surface area contributed by atoms with Gasteiger partial charge in [-0.15, -0.1) is 0 Å². The number of carboxylic acid groups (broad SMARTS) is 1. The number of fused-ring (bicyclic) bond motifs is 3. The van der Waals surface area contributed by atoms with Crippen LogP contribution in [0.4, 0.5) is 10.5 Å². The Labute approximate surface area is 206 Å². The molecule has 2 aliphatic rings. The van der Waals surface area contributed by atoms with Gasteiger partial charge in [0.15, 0.2) is 17.0 Å². The van der Waals surface area contributed by atoms with Gasteiger partial charge in [-0.05, 0) is 67.5 Å². The van der Waals surface area contributed by atoms with Crippen molar-refractivity contribution in [3.05, 3.63) is 57.7 Å². The second-order valence-electron chi connectivity index (χ2n) is 9.73. The molecule has 1 saturated heterocycles. The number of hydrogen-bond acceptors (Lipinski definition) is 6. The third kappa shape index (κ3) is 3.40. The summed E-state index contributed by atoms with van der Waals surface area (Å²) in [7, 11) is 0. The number of nitrogens with two attached hydrogens (primary N) is 1. The Bertz CT molecular complexity index is 1650. The molecule has 36 heavy (non-hydrogen) atoms. The van der Waals surface area contributed by atoms with Gasteiger partial charge in [0.05, 0.1) is 11.1 Å². The molecule has 9 heteroatoms. The van der Waals surface area contributed by atoms with E-state index in [9.17, 15) is 20.0 Å². The zero-order valence-electron chi connectivity index (χ0n) is 19.8. The maximum atomic E-state index is 13.7. The molecule has 4 aromatic rings. The maximum Gasteiger partial charge on any atom is 0.407 e. The van der Waals surface area contributed by atoms with E-state index in [0.29, 0.717) is 54.2 Å². The number of rotatable bonds is 3. The van der Waals surface area contributed by atoms with Crippen LogP contribution in [0.15, 0.2) is 39.5 Å². The molecule has 0 spiro atoms. The lowest BCUT2D eigenvalue weighted by molar-refractivity contribution is 0.129. The Balaban J connectivity index is 1.53. The number of amides is 1. The van der Waals surface area contributed by atoms with Crippen LogP contribution in [-0.4, -0.2) is 38.7 Å². The van der Waals surface area contributed by atoms with Gasteiger partial charge >= 0.3 is 6.09 Å². The predicted octanol–water partition coefficient (Wildman–Crippen LogP) is 4.76. The number of benzene rings is 2. The van der Waals surface area contributed by atoms with Gasteiger partial charge in [-0.2, -0.15) is 5.26 Å². The number of pyridine rings is 1. The Morgan fingerprint density at radius 2 is 1.94 bits per heavy atom. The Kier molecular flexibility index (Phi) is 5.00. The fraction of sp³-hybridized carbons (Fsp3) is 0.333. The van der Waals surface area contributed by atoms with Crippen molar-refractivity contribution in [2.45, 2.75) is 44.6 Å². The smallest absolute Gasteiger partial charge is 0.407 e. The Morgan fingerprint density at radius 1 is 1.19 bits per heavy atom.